The molecule has 2 aromatic heterocycles. The van der Waals surface area contributed by atoms with E-state index >= 15 is 0 Å². The van der Waals surface area contributed by atoms with Crippen molar-refractivity contribution in [2.75, 3.05) is 13.2 Å². The van der Waals surface area contributed by atoms with Gasteiger partial charge in [-0.15, -0.1) is 11.3 Å². The third-order valence-electron chi connectivity index (χ3n) is 6.22. The SMILES string of the molecule is O=C(O)CCCCCOc1ccccc1CN(CCc1ccccn1)C(=O)c1ccc(-c2cccs2)cc1. The van der Waals surface area contributed by atoms with Gasteiger partial charge in [0.1, 0.15) is 5.75 Å². The molecule has 2 aromatic carbocycles. The average Bonchev–Trinajstić information content (AvgIpc) is 3.49. The van der Waals surface area contributed by atoms with E-state index in [1.807, 2.05) is 83.1 Å². The van der Waals surface area contributed by atoms with Crippen LogP contribution >= 0.6 is 11.3 Å². The molecule has 0 bridgehead atoms. The van der Waals surface area contributed by atoms with Crippen molar-refractivity contribution in [3.05, 3.63) is 107 Å². The Hall–Kier alpha value is -3.97. The van der Waals surface area contributed by atoms with Crippen molar-refractivity contribution in [1.29, 1.82) is 0 Å². The van der Waals surface area contributed by atoms with Gasteiger partial charge in [0.05, 0.1) is 6.61 Å². The summed E-state index contributed by atoms with van der Waals surface area (Å²) in [4.78, 5) is 31.8. The molecule has 0 aliphatic rings. The monoisotopic (exact) mass is 528 g/mol. The predicted molar refractivity (Wildman–Crippen MR) is 150 cm³/mol. The predicted octanol–water partition coefficient (Wildman–Crippen LogP) is 6.72. The van der Waals surface area contributed by atoms with Crippen LogP contribution in [0.15, 0.2) is 90.4 Å². The molecule has 0 radical (unpaired) electrons. The minimum atomic E-state index is -0.770. The zero-order valence-electron chi connectivity index (χ0n) is 21.3. The number of amides is 1. The number of aliphatic carboxylic acids is 1. The maximum atomic E-state index is 13.7. The molecule has 0 atom stereocenters. The van der Waals surface area contributed by atoms with Gasteiger partial charge in [0.2, 0.25) is 0 Å². The summed E-state index contributed by atoms with van der Waals surface area (Å²) in [6.45, 7) is 1.43. The summed E-state index contributed by atoms with van der Waals surface area (Å²) in [5.41, 5.74) is 3.61. The first-order chi connectivity index (χ1) is 18.6. The third-order valence-corrected chi connectivity index (χ3v) is 7.13. The number of carboxylic acids is 1. The fourth-order valence-electron chi connectivity index (χ4n) is 4.17. The van der Waals surface area contributed by atoms with E-state index in [0.29, 0.717) is 38.1 Å². The second-order valence-electron chi connectivity index (χ2n) is 9.01. The van der Waals surface area contributed by atoms with E-state index in [1.165, 1.54) is 4.88 Å². The van der Waals surface area contributed by atoms with Crippen LogP contribution in [-0.4, -0.2) is 40.0 Å². The van der Waals surface area contributed by atoms with Gasteiger partial charge in [0, 0.05) is 53.8 Å². The number of carbonyl (C=O) groups excluding carboxylic acids is 1. The summed E-state index contributed by atoms with van der Waals surface area (Å²) in [6.07, 6.45) is 4.81. The Labute approximate surface area is 227 Å². The van der Waals surface area contributed by atoms with Crippen LogP contribution in [0.5, 0.6) is 5.75 Å². The highest BCUT2D eigenvalue weighted by atomic mass is 32.1. The highest BCUT2D eigenvalue weighted by molar-refractivity contribution is 7.13. The van der Waals surface area contributed by atoms with Crippen LogP contribution in [-0.2, 0) is 17.8 Å². The van der Waals surface area contributed by atoms with Gasteiger partial charge in [0.25, 0.3) is 5.91 Å². The number of benzene rings is 2. The second kappa shape index (κ2) is 14.1. The van der Waals surface area contributed by atoms with Crippen molar-refractivity contribution in [2.24, 2.45) is 0 Å². The van der Waals surface area contributed by atoms with Crippen molar-refractivity contribution in [1.82, 2.24) is 9.88 Å². The Kier molecular flexibility index (Phi) is 10.0. The molecule has 1 amide bonds. The first-order valence-electron chi connectivity index (χ1n) is 12.9. The molecule has 0 aliphatic heterocycles. The molecule has 2 heterocycles. The molecule has 0 fully saturated rings. The summed E-state index contributed by atoms with van der Waals surface area (Å²) in [5.74, 6) is -0.0653. The molecule has 0 saturated carbocycles. The number of para-hydroxylation sites is 1. The Morgan fingerprint density at radius 2 is 1.71 bits per heavy atom. The van der Waals surface area contributed by atoms with E-state index in [0.717, 1.165) is 35.4 Å². The van der Waals surface area contributed by atoms with Crippen molar-refractivity contribution in [3.63, 3.8) is 0 Å². The quantitative estimate of drug-likeness (QED) is 0.184. The minimum Gasteiger partial charge on any atom is -0.493 e. The van der Waals surface area contributed by atoms with E-state index in [-0.39, 0.29) is 12.3 Å². The van der Waals surface area contributed by atoms with Crippen molar-refractivity contribution in [3.8, 4) is 16.2 Å². The molecule has 196 valence electrons. The number of unbranched alkanes of at least 4 members (excludes halogenated alkanes) is 2. The van der Waals surface area contributed by atoms with E-state index in [1.54, 1.807) is 17.5 Å². The van der Waals surface area contributed by atoms with Gasteiger partial charge >= 0.3 is 5.97 Å². The molecule has 4 aromatic rings. The summed E-state index contributed by atoms with van der Waals surface area (Å²) < 4.78 is 6.05. The Morgan fingerprint density at radius 1 is 0.895 bits per heavy atom. The lowest BCUT2D eigenvalue weighted by atomic mass is 10.1. The summed E-state index contributed by atoms with van der Waals surface area (Å²) in [6, 6.07) is 25.5. The van der Waals surface area contributed by atoms with E-state index in [2.05, 4.69) is 11.1 Å². The molecular weight excluding hydrogens is 496 g/mol. The van der Waals surface area contributed by atoms with Gasteiger partial charge in [0.15, 0.2) is 0 Å². The fraction of sp³-hybridized carbons (Fsp3) is 0.258. The van der Waals surface area contributed by atoms with Crippen molar-refractivity contribution >= 4 is 23.2 Å². The van der Waals surface area contributed by atoms with Gasteiger partial charge in [-0.3, -0.25) is 14.6 Å². The molecule has 0 saturated heterocycles. The maximum absolute atomic E-state index is 13.7. The third kappa shape index (κ3) is 8.02. The van der Waals surface area contributed by atoms with E-state index < -0.39 is 5.97 Å². The fourth-order valence-corrected chi connectivity index (χ4v) is 4.90. The first-order valence-corrected chi connectivity index (χ1v) is 13.7. The van der Waals surface area contributed by atoms with E-state index in [9.17, 15) is 9.59 Å². The van der Waals surface area contributed by atoms with Gasteiger partial charge in [-0.05, 0) is 66.6 Å². The lowest BCUT2D eigenvalue weighted by molar-refractivity contribution is -0.137. The average molecular weight is 529 g/mol. The molecular formula is C31H32N2O4S. The van der Waals surface area contributed by atoms with Gasteiger partial charge in [-0.1, -0.05) is 42.5 Å². The molecule has 0 unspecified atom stereocenters. The van der Waals surface area contributed by atoms with Crippen LogP contribution in [0.4, 0.5) is 0 Å². The molecule has 1 N–H and O–H groups in total. The number of pyridine rings is 1. The van der Waals surface area contributed by atoms with Gasteiger partial charge < -0.3 is 14.7 Å². The summed E-state index contributed by atoms with van der Waals surface area (Å²) in [7, 11) is 0. The number of hydrogen-bond donors (Lipinski definition) is 1. The summed E-state index contributed by atoms with van der Waals surface area (Å²) in [5, 5.41) is 10.8. The van der Waals surface area contributed by atoms with Gasteiger partial charge in [-0.2, -0.15) is 0 Å². The molecule has 38 heavy (non-hydrogen) atoms. The topological polar surface area (TPSA) is 79.7 Å². The minimum absolute atomic E-state index is 0.0397. The van der Waals surface area contributed by atoms with Crippen LogP contribution in [0.3, 0.4) is 0 Å². The van der Waals surface area contributed by atoms with Crippen LogP contribution < -0.4 is 4.74 Å². The van der Waals surface area contributed by atoms with E-state index in [4.69, 9.17) is 9.84 Å². The molecule has 4 rings (SSSR count). The first kappa shape index (κ1) is 27.1. The highest BCUT2D eigenvalue weighted by Crippen LogP contribution is 2.26. The largest absolute Gasteiger partial charge is 0.493 e. The normalized spacial score (nSPS) is 10.7. The number of nitrogens with zero attached hydrogens (tertiary/aromatic N) is 2. The number of aromatic nitrogens is 1. The van der Waals surface area contributed by atoms with Crippen LogP contribution in [0.2, 0.25) is 0 Å². The zero-order valence-corrected chi connectivity index (χ0v) is 22.1. The maximum Gasteiger partial charge on any atom is 0.303 e. The molecule has 0 spiro atoms. The van der Waals surface area contributed by atoms with Crippen LogP contribution in [0.25, 0.3) is 10.4 Å². The summed E-state index contributed by atoms with van der Waals surface area (Å²) >= 11 is 1.68. The number of hydrogen-bond acceptors (Lipinski definition) is 5. The Morgan fingerprint density at radius 3 is 2.45 bits per heavy atom. The second-order valence-corrected chi connectivity index (χ2v) is 9.96. The number of carbonyl (C=O) groups is 2. The smallest absolute Gasteiger partial charge is 0.303 e. The Balaban J connectivity index is 1.46. The van der Waals surface area contributed by atoms with Crippen LogP contribution in [0, 0.1) is 0 Å². The molecule has 7 heteroatoms. The zero-order chi connectivity index (χ0) is 26.6. The standard InChI is InChI=1S/C31H32N2O4S/c34-30(35)13-2-1-7-21-37-28-11-4-3-9-26(28)23-33(20-18-27-10-5-6-19-32-27)31(36)25-16-14-24(15-17-25)29-12-8-22-38-29/h3-6,8-12,14-17,19,22H,1-2,7,13,18,20-21,23H2,(H,34,35). The lowest BCUT2D eigenvalue weighted by Gasteiger charge is -2.24. The van der Waals surface area contributed by atoms with Crippen molar-refractivity contribution in [2.45, 2.75) is 38.6 Å². The van der Waals surface area contributed by atoms with Gasteiger partial charge in [-0.25, -0.2) is 0 Å². The number of carboxylic acid groups (broad SMARTS) is 1. The lowest BCUT2D eigenvalue weighted by Crippen LogP contribution is -2.32. The molecule has 6 nitrogen and oxygen atoms in total. The number of ether oxygens (including phenoxy) is 1. The highest BCUT2D eigenvalue weighted by Gasteiger charge is 2.19. The molecule has 0 aliphatic carbocycles. The van der Waals surface area contributed by atoms with Crippen LogP contribution in [0.1, 0.15) is 47.3 Å². The number of rotatable bonds is 14. The Bertz CT molecular complexity index is 1290. The van der Waals surface area contributed by atoms with Crippen molar-refractivity contribution < 1.29 is 19.4 Å². The number of thiophene rings is 1.